The van der Waals surface area contributed by atoms with Crippen LogP contribution in [0.4, 0.5) is 30.7 Å². The molecule has 0 saturated heterocycles. The molecular formula is C27H17ClF7NO2. The number of fused-ring (bicyclic) bond motifs is 1. The van der Waals surface area contributed by atoms with Crippen molar-refractivity contribution in [2.24, 2.45) is 0 Å². The summed E-state index contributed by atoms with van der Waals surface area (Å²) in [5, 5.41) is -0.514. The van der Waals surface area contributed by atoms with E-state index >= 15 is 0 Å². The Balaban J connectivity index is 1.68. The van der Waals surface area contributed by atoms with Gasteiger partial charge in [-0.05, 0) is 53.4 Å². The van der Waals surface area contributed by atoms with Crippen molar-refractivity contribution in [3.8, 4) is 0 Å². The van der Waals surface area contributed by atoms with E-state index in [4.69, 9.17) is 11.6 Å². The standard InChI is InChI=1S/C27H17ClF7NO2/c1-14-10-17(12-22(28)23(14)29)20(26(30,31)32)9-7-15-6-8-16(21(11-15)27(33,34)35)13-36-24(37)18-4-2-3-5-19(18)25(36)38/h2-12,20H,13H2,1H3/b9-7+. The summed E-state index contributed by atoms with van der Waals surface area (Å²) in [5.41, 5.74) is -2.18. The number of hydrogen-bond donors (Lipinski definition) is 0. The molecule has 11 heteroatoms. The number of alkyl halides is 6. The second kappa shape index (κ2) is 9.90. The predicted molar refractivity (Wildman–Crippen MR) is 126 cm³/mol. The van der Waals surface area contributed by atoms with E-state index < -0.39 is 58.6 Å². The molecule has 0 radical (unpaired) electrons. The van der Waals surface area contributed by atoms with Crippen LogP contribution in [0.1, 0.15) is 54.5 Å². The maximum atomic E-state index is 13.9. The number of nitrogens with zero attached hydrogens (tertiary/aromatic N) is 1. The molecule has 1 unspecified atom stereocenters. The highest BCUT2D eigenvalue weighted by Crippen LogP contribution is 2.39. The predicted octanol–water partition coefficient (Wildman–Crippen LogP) is 7.96. The molecule has 0 saturated carbocycles. The molecule has 3 aromatic carbocycles. The Hall–Kier alpha value is -3.66. The number of amides is 2. The summed E-state index contributed by atoms with van der Waals surface area (Å²) in [6, 6.07) is 10.4. The Bertz CT molecular complexity index is 1400. The van der Waals surface area contributed by atoms with Crippen LogP contribution in [-0.4, -0.2) is 22.9 Å². The number of carbonyl (C=O) groups excluding carboxylic acids is 2. The second-order valence-corrected chi connectivity index (χ2v) is 9.08. The van der Waals surface area contributed by atoms with Crippen LogP contribution in [0.2, 0.25) is 5.02 Å². The third-order valence-corrected chi connectivity index (χ3v) is 6.35. The Labute approximate surface area is 217 Å². The van der Waals surface area contributed by atoms with Gasteiger partial charge in [-0.2, -0.15) is 26.3 Å². The zero-order valence-electron chi connectivity index (χ0n) is 19.4. The third-order valence-electron chi connectivity index (χ3n) is 6.07. The van der Waals surface area contributed by atoms with E-state index in [0.717, 1.165) is 30.3 Å². The minimum atomic E-state index is -4.93. The van der Waals surface area contributed by atoms with Crippen molar-refractivity contribution in [2.45, 2.75) is 31.7 Å². The molecule has 0 N–H and O–H groups in total. The summed E-state index contributed by atoms with van der Waals surface area (Å²) >= 11 is 5.70. The molecule has 3 nitrogen and oxygen atoms in total. The van der Waals surface area contributed by atoms with Gasteiger partial charge in [-0.3, -0.25) is 14.5 Å². The third kappa shape index (κ3) is 5.31. The normalized spacial score (nSPS) is 14.9. The summed E-state index contributed by atoms with van der Waals surface area (Å²) in [4.78, 5) is 25.9. The van der Waals surface area contributed by atoms with Crippen LogP contribution in [0.3, 0.4) is 0 Å². The molecule has 1 aliphatic rings. The van der Waals surface area contributed by atoms with Gasteiger partial charge in [0.05, 0.1) is 34.2 Å². The largest absolute Gasteiger partial charge is 0.416 e. The molecule has 198 valence electrons. The Morgan fingerprint density at radius 3 is 2.05 bits per heavy atom. The van der Waals surface area contributed by atoms with Crippen LogP contribution in [0, 0.1) is 12.7 Å². The summed E-state index contributed by atoms with van der Waals surface area (Å²) in [5.74, 6) is -4.64. The van der Waals surface area contributed by atoms with E-state index in [1.165, 1.54) is 31.2 Å². The molecule has 4 rings (SSSR count). The monoisotopic (exact) mass is 555 g/mol. The van der Waals surface area contributed by atoms with E-state index in [0.29, 0.717) is 17.0 Å². The summed E-state index contributed by atoms with van der Waals surface area (Å²) < 4.78 is 96.8. The van der Waals surface area contributed by atoms with Crippen LogP contribution in [0.25, 0.3) is 6.08 Å². The molecule has 0 spiro atoms. The quantitative estimate of drug-likeness (QED) is 0.237. The topological polar surface area (TPSA) is 37.4 Å². The van der Waals surface area contributed by atoms with Crippen LogP contribution in [-0.2, 0) is 12.7 Å². The van der Waals surface area contributed by atoms with Crippen molar-refractivity contribution < 1.29 is 40.3 Å². The van der Waals surface area contributed by atoms with Gasteiger partial charge >= 0.3 is 12.4 Å². The summed E-state index contributed by atoms with van der Waals surface area (Å²) in [6.07, 6.45) is -8.25. The first-order valence-corrected chi connectivity index (χ1v) is 11.4. The van der Waals surface area contributed by atoms with Gasteiger partial charge in [0.2, 0.25) is 0 Å². The molecule has 0 aromatic heterocycles. The average molecular weight is 556 g/mol. The lowest BCUT2D eigenvalue weighted by Crippen LogP contribution is -2.30. The summed E-state index contributed by atoms with van der Waals surface area (Å²) in [7, 11) is 0. The Morgan fingerprint density at radius 2 is 1.53 bits per heavy atom. The van der Waals surface area contributed by atoms with Crippen LogP contribution in [0.15, 0.2) is 60.7 Å². The fourth-order valence-corrected chi connectivity index (χ4v) is 4.48. The Morgan fingerprint density at radius 1 is 0.921 bits per heavy atom. The molecule has 0 bridgehead atoms. The first-order valence-electron chi connectivity index (χ1n) is 11.0. The number of halogens is 8. The smallest absolute Gasteiger partial charge is 0.270 e. The number of benzene rings is 3. The number of aryl methyl sites for hydroxylation is 1. The van der Waals surface area contributed by atoms with E-state index in [1.807, 2.05) is 0 Å². The van der Waals surface area contributed by atoms with Crippen molar-refractivity contribution in [1.29, 1.82) is 0 Å². The second-order valence-electron chi connectivity index (χ2n) is 8.67. The van der Waals surface area contributed by atoms with Crippen molar-refractivity contribution in [3.05, 3.63) is 110 Å². The highest BCUT2D eigenvalue weighted by molar-refractivity contribution is 6.30. The van der Waals surface area contributed by atoms with Gasteiger partial charge < -0.3 is 0 Å². The van der Waals surface area contributed by atoms with Crippen molar-refractivity contribution in [3.63, 3.8) is 0 Å². The van der Waals surface area contributed by atoms with Gasteiger partial charge in [-0.25, -0.2) is 4.39 Å². The highest BCUT2D eigenvalue weighted by Gasteiger charge is 2.40. The lowest BCUT2D eigenvalue weighted by molar-refractivity contribution is -0.140. The van der Waals surface area contributed by atoms with Gasteiger partial charge in [0, 0.05) is 0 Å². The van der Waals surface area contributed by atoms with E-state index in [-0.39, 0.29) is 27.8 Å². The lowest BCUT2D eigenvalue weighted by Gasteiger charge is -2.20. The van der Waals surface area contributed by atoms with Gasteiger partial charge in [0.25, 0.3) is 11.8 Å². The number of rotatable bonds is 5. The molecule has 3 aromatic rings. The maximum Gasteiger partial charge on any atom is 0.416 e. The molecular weight excluding hydrogens is 539 g/mol. The fraction of sp³-hybridized carbons (Fsp3) is 0.185. The SMILES string of the molecule is Cc1cc(C(/C=C/c2ccc(CN3C(=O)c4ccccc4C3=O)c(C(F)(F)F)c2)C(F)(F)F)cc(Cl)c1F. The first kappa shape index (κ1) is 27.4. The fourth-order valence-electron chi connectivity index (χ4n) is 4.20. The molecule has 0 aliphatic carbocycles. The number of imide groups is 1. The molecule has 38 heavy (non-hydrogen) atoms. The lowest BCUT2D eigenvalue weighted by atomic mass is 9.94. The molecule has 1 heterocycles. The first-order chi connectivity index (χ1) is 17.7. The van der Waals surface area contributed by atoms with Crippen LogP contribution in [0.5, 0.6) is 0 Å². The van der Waals surface area contributed by atoms with Crippen LogP contribution < -0.4 is 0 Å². The minimum Gasteiger partial charge on any atom is -0.270 e. The van der Waals surface area contributed by atoms with Gasteiger partial charge in [-0.1, -0.05) is 54.1 Å². The van der Waals surface area contributed by atoms with Crippen LogP contribution >= 0.6 is 11.6 Å². The van der Waals surface area contributed by atoms with Gasteiger partial charge in [0.1, 0.15) is 5.82 Å². The number of allylic oxidation sites excluding steroid dienone is 1. The summed E-state index contributed by atoms with van der Waals surface area (Å²) in [6.45, 7) is 0.564. The molecule has 0 fully saturated rings. The van der Waals surface area contributed by atoms with Gasteiger partial charge in [-0.15, -0.1) is 0 Å². The zero-order chi connectivity index (χ0) is 28.0. The molecule has 1 aliphatic heterocycles. The zero-order valence-corrected chi connectivity index (χ0v) is 20.2. The van der Waals surface area contributed by atoms with E-state index in [1.54, 1.807) is 0 Å². The average Bonchev–Trinajstić information content (AvgIpc) is 3.07. The maximum absolute atomic E-state index is 13.9. The van der Waals surface area contributed by atoms with Gasteiger partial charge in [0.15, 0.2) is 0 Å². The number of carbonyl (C=O) groups is 2. The Kier molecular flexibility index (Phi) is 7.13. The van der Waals surface area contributed by atoms with Crippen molar-refractivity contribution in [1.82, 2.24) is 4.90 Å². The van der Waals surface area contributed by atoms with Crippen molar-refractivity contribution in [2.75, 3.05) is 0 Å². The minimum absolute atomic E-state index is 0.0694. The molecule has 2 amide bonds. The highest BCUT2D eigenvalue weighted by atomic mass is 35.5. The van der Waals surface area contributed by atoms with E-state index in [9.17, 15) is 40.3 Å². The number of hydrogen-bond acceptors (Lipinski definition) is 2. The van der Waals surface area contributed by atoms with Crippen molar-refractivity contribution >= 4 is 29.5 Å². The molecule has 1 atom stereocenters. The van der Waals surface area contributed by atoms with E-state index in [2.05, 4.69) is 0 Å².